The van der Waals surface area contributed by atoms with E-state index in [1.54, 1.807) is 26.5 Å². The third kappa shape index (κ3) is 7.21. The summed E-state index contributed by atoms with van der Waals surface area (Å²) in [4.78, 5) is 22.0. The highest BCUT2D eigenvalue weighted by Crippen LogP contribution is 2.26. The number of nitrogens with zero attached hydrogens (tertiary/aromatic N) is 2. The fraction of sp³-hybridized carbons (Fsp3) is 0.560. The number of benzene rings is 1. The standard InChI is InChI=1S/C25H37N5O4/c1-4-5-12-26-25-29-16-21(23(30-25)27-14-17-6-9-19(31)10-7-17)24(32)28-15-18-8-11-20(33-2)13-22(18)34-3/h8,11,13,16-17,19,31H,4-7,9-10,12,14-15H2,1-3H3,(H,28,32)(H2,26,27,29,30). The maximum atomic E-state index is 13.1. The molecule has 0 bridgehead atoms. The number of anilines is 2. The number of aromatic nitrogens is 2. The molecule has 34 heavy (non-hydrogen) atoms. The quantitative estimate of drug-likeness (QED) is 0.347. The van der Waals surface area contributed by atoms with E-state index in [-0.39, 0.29) is 12.0 Å². The Morgan fingerprint density at radius 2 is 1.94 bits per heavy atom. The summed E-state index contributed by atoms with van der Waals surface area (Å²) >= 11 is 0. The summed E-state index contributed by atoms with van der Waals surface area (Å²) in [5, 5.41) is 19.3. The number of methoxy groups -OCH3 is 2. The van der Waals surface area contributed by atoms with Crippen LogP contribution in [0.25, 0.3) is 0 Å². The van der Waals surface area contributed by atoms with E-state index in [9.17, 15) is 9.90 Å². The normalized spacial score (nSPS) is 17.6. The lowest BCUT2D eigenvalue weighted by atomic mass is 9.87. The third-order valence-corrected chi connectivity index (χ3v) is 6.15. The maximum absolute atomic E-state index is 13.1. The minimum Gasteiger partial charge on any atom is -0.497 e. The van der Waals surface area contributed by atoms with E-state index in [1.807, 2.05) is 12.1 Å². The fourth-order valence-electron chi connectivity index (χ4n) is 4.00. The first kappa shape index (κ1) is 25.6. The van der Waals surface area contributed by atoms with Gasteiger partial charge >= 0.3 is 0 Å². The molecular formula is C25H37N5O4. The zero-order chi connectivity index (χ0) is 24.3. The van der Waals surface area contributed by atoms with E-state index in [0.717, 1.165) is 50.6 Å². The van der Waals surface area contributed by atoms with Gasteiger partial charge in [0.05, 0.1) is 20.3 Å². The highest BCUT2D eigenvalue weighted by molar-refractivity contribution is 5.98. The second-order valence-electron chi connectivity index (χ2n) is 8.65. The lowest BCUT2D eigenvalue weighted by Crippen LogP contribution is -2.27. The van der Waals surface area contributed by atoms with Crippen molar-refractivity contribution in [1.29, 1.82) is 0 Å². The van der Waals surface area contributed by atoms with Crippen LogP contribution in [0, 0.1) is 5.92 Å². The Hall–Kier alpha value is -3.07. The molecule has 9 nitrogen and oxygen atoms in total. The minimum atomic E-state index is -0.264. The van der Waals surface area contributed by atoms with Gasteiger partial charge in [0, 0.05) is 37.5 Å². The number of hydrogen-bond acceptors (Lipinski definition) is 8. The molecule has 1 fully saturated rings. The Morgan fingerprint density at radius 1 is 1.15 bits per heavy atom. The van der Waals surface area contributed by atoms with E-state index in [4.69, 9.17) is 9.47 Å². The summed E-state index contributed by atoms with van der Waals surface area (Å²) in [6, 6.07) is 5.49. The molecule has 1 aromatic carbocycles. The summed E-state index contributed by atoms with van der Waals surface area (Å²) in [6.45, 7) is 3.90. The first-order chi connectivity index (χ1) is 16.5. The Balaban J connectivity index is 1.70. The molecule has 0 atom stereocenters. The van der Waals surface area contributed by atoms with E-state index in [1.165, 1.54) is 0 Å². The van der Waals surface area contributed by atoms with Crippen molar-refractivity contribution in [2.75, 3.05) is 37.9 Å². The predicted molar refractivity (Wildman–Crippen MR) is 133 cm³/mol. The van der Waals surface area contributed by atoms with Crippen molar-refractivity contribution >= 4 is 17.7 Å². The maximum Gasteiger partial charge on any atom is 0.256 e. The largest absolute Gasteiger partial charge is 0.497 e. The minimum absolute atomic E-state index is 0.194. The molecular weight excluding hydrogens is 434 g/mol. The Bertz CT molecular complexity index is 932. The van der Waals surface area contributed by atoms with Crippen LogP contribution in [-0.4, -0.2) is 54.4 Å². The van der Waals surface area contributed by atoms with Crippen molar-refractivity contribution in [1.82, 2.24) is 15.3 Å². The average Bonchev–Trinajstić information content (AvgIpc) is 2.87. The molecule has 2 aromatic rings. The molecule has 1 aliphatic rings. The lowest BCUT2D eigenvalue weighted by molar-refractivity contribution is 0.0951. The van der Waals surface area contributed by atoms with Crippen LogP contribution in [0.2, 0.25) is 0 Å². The second-order valence-corrected chi connectivity index (χ2v) is 8.65. The molecule has 1 aromatic heterocycles. The van der Waals surface area contributed by atoms with Crippen LogP contribution >= 0.6 is 0 Å². The molecule has 0 radical (unpaired) electrons. The lowest BCUT2D eigenvalue weighted by Gasteiger charge is -2.26. The van der Waals surface area contributed by atoms with Gasteiger partial charge in [-0.1, -0.05) is 13.3 Å². The molecule has 1 aliphatic carbocycles. The van der Waals surface area contributed by atoms with Crippen molar-refractivity contribution in [2.24, 2.45) is 5.92 Å². The van der Waals surface area contributed by atoms with Crippen LogP contribution < -0.4 is 25.4 Å². The van der Waals surface area contributed by atoms with Gasteiger partial charge in [-0.2, -0.15) is 4.98 Å². The molecule has 0 unspecified atom stereocenters. The number of amides is 1. The molecule has 0 aliphatic heterocycles. The monoisotopic (exact) mass is 471 g/mol. The first-order valence-electron chi connectivity index (χ1n) is 12.1. The van der Waals surface area contributed by atoms with Gasteiger partial charge < -0.3 is 30.5 Å². The number of hydrogen-bond donors (Lipinski definition) is 4. The molecule has 1 heterocycles. The second kappa shape index (κ2) is 13.0. The van der Waals surface area contributed by atoms with E-state index in [2.05, 4.69) is 32.8 Å². The highest BCUT2D eigenvalue weighted by Gasteiger charge is 2.21. The zero-order valence-corrected chi connectivity index (χ0v) is 20.4. The number of ether oxygens (including phenoxy) is 2. The van der Waals surface area contributed by atoms with Gasteiger partial charge in [-0.05, 0) is 50.2 Å². The van der Waals surface area contributed by atoms with Crippen LogP contribution in [0.3, 0.4) is 0 Å². The summed E-state index contributed by atoms with van der Waals surface area (Å²) in [5.74, 6) is 2.52. The number of nitrogens with one attached hydrogen (secondary N) is 3. The van der Waals surface area contributed by atoms with Gasteiger partial charge in [0.15, 0.2) is 0 Å². The Morgan fingerprint density at radius 3 is 2.65 bits per heavy atom. The summed E-state index contributed by atoms with van der Waals surface area (Å²) in [6.07, 6.45) is 7.01. The molecule has 1 amide bonds. The van der Waals surface area contributed by atoms with E-state index in [0.29, 0.717) is 47.8 Å². The molecule has 1 saturated carbocycles. The number of carbonyl (C=O) groups is 1. The highest BCUT2D eigenvalue weighted by atomic mass is 16.5. The van der Waals surface area contributed by atoms with Gasteiger partial charge in [-0.15, -0.1) is 0 Å². The van der Waals surface area contributed by atoms with Crippen LogP contribution in [0.15, 0.2) is 24.4 Å². The zero-order valence-electron chi connectivity index (χ0n) is 20.4. The van der Waals surface area contributed by atoms with E-state index < -0.39 is 0 Å². The summed E-state index contributed by atoms with van der Waals surface area (Å²) in [5.41, 5.74) is 1.23. The number of rotatable bonds is 12. The van der Waals surface area contributed by atoms with Crippen molar-refractivity contribution in [2.45, 2.75) is 58.1 Å². The molecule has 4 N–H and O–H groups in total. The molecule has 0 spiro atoms. The van der Waals surface area contributed by atoms with Gasteiger partial charge in [-0.3, -0.25) is 4.79 Å². The number of aliphatic hydroxyl groups is 1. The molecule has 186 valence electrons. The van der Waals surface area contributed by atoms with Crippen molar-refractivity contribution in [3.8, 4) is 11.5 Å². The van der Waals surface area contributed by atoms with Crippen molar-refractivity contribution in [3.63, 3.8) is 0 Å². The van der Waals surface area contributed by atoms with Crippen LogP contribution in [0.5, 0.6) is 11.5 Å². The van der Waals surface area contributed by atoms with Gasteiger partial charge in [0.2, 0.25) is 5.95 Å². The van der Waals surface area contributed by atoms with Gasteiger partial charge in [-0.25, -0.2) is 4.98 Å². The van der Waals surface area contributed by atoms with Crippen LogP contribution in [0.1, 0.15) is 61.4 Å². The topological polar surface area (TPSA) is 118 Å². The number of aliphatic hydroxyl groups excluding tert-OH is 1. The number of unbranched alkanes of at least 4 members (excludes halogenated alkanes) is 1. The fourth-order valence-corrected chi connectivity index (χ4v) is 4.00. The molecule has 0 saturated heterocycles. The van der Waals surface area contributed by atoms with Crippen molar-refractivity contribution in [3.05, 3.63) is 35.5 Å². The van der Waals surface area contributed by atoms with Crippen LogP contribution in [0.4, 0.5) is 11.8 Å². The Kier molecular flexibility index (Phi) is 9.75. The Labute approximate surface area is 201 Å². The van der Waals surface area contributed by atoms with Crippen LogP contribution in [-0.2, 0) is 6.54 Å². The van der Waals surface area contributed by atoms with Gasteiger partial charge in [0.25, 0.3) is 5.91 Å². The first-order valence-corrected chi connectivity index (χ1v) is 12.1. The van der Waals surface area contributed by atoms with E-state index >= 15 is 0 Å². The predicted octanol–water partition coefficient (Wildman–Crippen LogP) is 3.60. The smallest absolute Gasteiger partial charge is 0.256 e. The van der Waals surface area contributed by atoms with Crippen molar-refractivity contribution < 1.29 is 19.4 Å². The molecule has 3 rings (SSSR count). The SMILES string of the molecule is CCCCNc1ncc(C(=O)NCc2ccc(OC)cc2OC)c(NCC2CCC(O)CC2)n1. The molecule has 9 heteroatoms. The summed E-state index contributed by atoms with van der Waals surface area (Å²) in [7, 11) is 3.19. The van der Waals surface area contributed by atoms with Gasteiger partial charge in [0.1, 0.15) is 22.9 Å². The summed E-state index contributed by atoms with van der Waals surface area (Å²) < 4.78 is 10.7. The third-order valence-electron chi connectivity index (χ3n) is 6.15. The average molecular weight is 472 g/mol. The number of carbonyl (C=O) groups excluding carboxylic acids is 1.